The zero-order chi connectivity index (χ0) is 15.1. The first-order valence-corrected chi connectivity index (χ1v) is 6.81. The molecule has 0 aliphatic carbocycles. The topological polar surface area (TPSA) is 80.7 Å². The van der Waals surface area contributed by atoms with Crippen molar-refractivity contribution in [3.8, 4) is 5.75 Å². The number of aryl methyl sites for hydroxylation is 2. The average molecular weight is 285 g/mol. The molecule has 0 bridgehead atoms. The molecule has 1 aromatic carbocycles. The van der Waals surface area contributed by atoms with E-state index >= 15 is 0 Å². The summed E-state index contributed by atoms with van der Waals surface area (Å²) >= 11 is 0. The Hall–Kier alpha value is -2.56. The monoisotopic (exact) mass is 285 g/mol. The van der Waals surface area contributed by atoms with E-state index in [1.165, 1.54) is 5.56 Å². The summed E-state index contributed by atoms with van der Waals surface area (Å²) in [5.74, 6) is 0.897. The van der Waals surface area contributed by atoms with Gasteiger partial charge in [0.1, 0.15) is 5.75 Å². The van der Waals surface area contributed by atoms with Gasteiger partial charge in [-0.3, -0.25) is 4.98 Å². The van der Waals surface area contributed by atoms with Crippen molar-refractivity contribution in [1.82, 2.24) is 4.98 Å². The van der Waals surface area contributed by atoms with E-state index in [9.17, 15) is 0 Å². The largest absolute Gasteiger partial charge is 0.494 e. The van der Waals surface area contributed by atoms with Gasteiger partial charge < -0.3 is 15.7 Å². The number of benzene rings is 1. The van der Waals surface area contributed by atoms with Gasteiger partial charge in [0.15, 0.2) is 5.84 Å². The number of aromatic nitrogens is 1. The molecule has 0 atom stereocenters. The number of hydrogen-bond acceptors (Lipinski definition) is 4. The van der Waals surface area contributed by atoms with Crippen molar-refractivity contribution in [1.29, 1.82) is 0 Å². The van der Waals surface area contributed by atoms with Gasteiger partial charge in [0, 0.05) is 18.0 Å². The normalized spacial score (nSPS) is 11.4. The van der Waals surface area contributed by atoms with Crippen LogP contribution in [0, 0.1) is 6.92 Å². The molecule has 5 heteroatoms. The number of rotatable bonds is 6. The number of hydrogen-bond donors (Lipinski definition) is 2. The molecule has 2 aromatic rings. The summed E-state index contributed by atoms with van der Waals surface area (Å²) in [4.78, 5) is 3.99. The van der Waals surface area contributed by atoms with Gasteiger partial charge >= 0.3 is 0 Å². The van der Waals surface area contributed by atoms with Crippen molar-refractivity contribution >= 4 is 5.84 Å². The maximum Gasteiger partial charge on any atom is 0.170 e. The fourth-order valence-corrected chi connectivity index (χ4v) is 2.08. The Balaban J connectivity index is 1.85. The van der Waals surface area contributed by atoms with Crippen LogP contribution < -0.4 is 10.5 Å². The van der Waals surface area contributed by atoms with Gasteiger partial charge in [-0.25, -0.2) is 0 Å². The summed E-state index contributed by atoms with van der Waals surface area (Å²) in [5.41, 5.74) is 8.47. The summed E-state index contributed by atoms with van der Waals surface area (Å²) in [5, 5.41) is 11.7. The van der Waals surface area contributed by atoms with Crippen LogP contribution in [0.1, 0.15) is 23.1 Å². The van der Waals surface area contributed by atoms with E-state index in [0.717, 1.165) is 24.2 Å². The SMILES string of the molecule is Cc1cc(OCCCc2ccncc2)ccc1/C(N)=N/O. The number of nitrogens with zero attached hydrogens (tertiary/aromatic N) is 2. The molecular weight excluding hydrogens is 266 g/mol. The summed E-state index contributed by atoms with van der Waals surface area (Å²) in [7, 11) is 0. The highest BCUT2D eigenvalue weighted by Gasteiger charge is 2.05. The Morgan fingerprint density at radius 1 is 1.29 bits per heavy atom. The van der Waals surface area contributed by atoms with Crippen molar-refractivity contribution < 1.29 is 9.94 Å². The number of nitrogens with two attached hydrogens (primary N) is 1. The Bertz CT molecular complexity index is 612. The Morgan fingerprint density at radius 2 is 2.05 bits per heavy atom. The lowest BCUT2D eigenvalue weighted by molar-refractivity contribution is 0.310. The van der Waals surface area contributed by atoms with Crippen LogP contribution in [0.4, 0.5) is 0 Å². The van der Waals surface area contributed by atoms with Crippen LogP contribution >= 0.6 is 0 Å². The second kappa shape index (κ2) is 7.28. The van der Waals surface area contributed by atoms with Crippen LogP contribution in [0.15, 0.2) is 47.9 Å². The zero-order valence-electron chi connectivity index (χ0n) is 12.0. The fourth-order valence-electron chi connectivity index (χ4n) is 2.08. The van der Waals surface area contributed by atoms with E-state index in [0.29, 0.717) is 12.2 Å². The van der Waals surface area contributed by atoms with Crippen LogP contribution in [-0.2, 0) is 6.42 Å². The maximum atomic E-state index is 8.69. The third kappa shape index (κ3) is 4.21. The molecule has 0 radical (unpaired) electrons. The first-order valence-electron chi connectivity index (χ1n) is 6.81. The smallest absolute Gasteiger partial charge is 0.170 e. The Labute approximate surface area is 124 Å². The minimum Gasteiger partial charge on any atom is -0.494 e. The Morgan fingerprint density at radius 3 is 2.71 bits per heavy atom. The third-order valence-electron chi connectivity index (χ3n) is 3.21. The number of pyridine rings is 1. The Kier molecular flexibility index (Phi) is 5.15. The quantitative estimate of drug-likeness (QED) is 0.281. The fraction of sp³-hybridized carbons (Fsp3) is 0.250. The number of amidine groups is 1. The lowest BCUT2D eigenvalue weighted by Crippen LogP contribution is -2.14. The predicted molar refractivity (Wildman–Crippen MR) is 81.7 cm³/mol. The summed E-state index contributed by atoms with van der Waals surface area (Å²) < 4.78 is 5.72. The second-order valence-corrected chi connectivity index (χ2v) is 4.77. The van der Waals surface area contributed by atoms with E-state index in [2.05, 4.69) is 10.1 Å². The second-order valence-electron chi connectivity index (χ2n) is 4.77. The predicted octanol–water partition coefficient (Wildman–Crippen LogP) is 2.50. The number of oxime groups is 1. The van der Waals surface area contributed by atoms with Gasteiger partial charge in [-0.2, -0.15) is 0 Å². The summed E-state index contributed by atoms with van der Waals surface area (Å²) in [6.07, 6.45) is 5.49. The van der Waals surface area contributed by atoms with Crippen molar-refractivity contribution in [2.24, 2.45) is 10.9 Å². The molecule has 0 unspecified atom stereocenters. The van der Waals surface area contributed by atoms with Gasteiger partial charge in [-0.15, -0.1) is 0 Å². The highest BCUT2D eigenvalue weighted by molar-refractivity contribution is 5.98. The average Bonchev–Trinajstić information content (AvgIpc) is 2.52. The molecule has 0 saturated carbocycles. The zero-order valence-corrected chi connectivity index (χ0v) is 12.0. The first-order chi connectivity index (χ1) is 10.2. The highest BCUT2D eigenvalue weighted by Crippen LogP contribution is 2.17. The van der Waals surface area contributed by atoms with Crippen molar-refractivity contribution in [2.75, 3.05) is 6.61 Å². The van der Waals surface area contributed by atoms with Crippen LogP contribution in [-0.4, -0.2) is 22.6 Å². The maximum absolute atomic E-state index is 8.69. The van der Waals surface area contributed by atoms with Crippen LogP contribution in [0.2, 0.25) is 0 Å². The summed E-state index contributed by atoms with van der Waals surface area (Å²) in [6.45, 7) is 2.54. The van der Waals surface area contributed by atoms with E-state index in [4.69, 9.17) is 15.7 Å². The molecule has 3 N–H and O–H groups in total. The molecule has 2 rings (SSSR count). The molecule has 0 aliphatic heterocycles. The lowest BCUT2D eigenvalue weighted by atomic mass is 10.1. The van der Waals surface area contributed by atoms with Gasteiger partial charge in [-0.05, 0) is 61.2 Å². The minimum atomic E-state index is 0.108. The molecule has 1 aromatic heterocycles. The molecule has 5 nitrogen and oxygen atoms in total. The van der Waals surface area contributed by atoms with Crippen LogP contribution in [0.3, 0.4) is 0 Å². The molecule has 0 fully saturated rings. The minimum absolute atomic E-state index is 0.108. The molecular formula is C16H19N3O2. The van der Waals surface area contributed by atoms with E-state index in [1.807, 2.05) is 31.2 Å². The van der Waals surface area contributed by atoms with Crippen molar-refractivity contribution in [2.45, 2.75) is 19.8 Å². The molecule has 0 saturated heterocycles. The lowest BCUT2D eigenvalue weighted by Gasteiger charge is -2.09. The molecule has 0 aliphatic rings. The van der Waals surface area contributed by atoms with Crippen LogP contribution in [0.25, 0.3) is 0 Å². The van der Waals surface area contributed by atoms with Gasteiger partial charge in [0.25, 0.3) is 0 Å². The van der Waals surface area contributed by atoms with Crippen molar-refractivity contribution in [3.05, 3.63) is 59.4 Å². The standard InChI is InChI=1S/C16H19N3O2/c1-12-11-14(4-5-15(12)16(17)19-20)21-10-2-3-13-6-8-18-9-7-13/h4-9,11,20H,2-3,10H2,1H3,(H2,17,19). The third-order valence-corrected chi connectivity index (χ3v) is 3.21. The van der Waals surface area contributed by atoms with Gasteiger partial charge in [0.05, 0.1) is 6.61 Å². The molecule has 21 heavy (non-hydrogen) atoms. The van der Waals surface area contributed by atoms with Crippen LogP contribution in [0.5, 0.6) is 5.75 Å². The first kappa shape index (κ1) is 14.8. The van der Waals surface area contributed by atoms with Gasteiger partial charge in [-0.1, -0.05) is 5.16 Å². The number of ether oxygens (including phenoxy) is 1. The van der Waals surface area contributed by atoms with E-state index < -0.39 is 0 Å². The molecule has 110 valence electrons. The van der Waals surface area contributed by atoms with E-state index in [-0.39, 0.29) is 5.84 Å². The summed E-state index contributed by atoms with van der Waals surface area (Å²) in [6, 6.07) is 9.53. The molecule has 0 amide bonds. The van der Waals surface area contributed by atoms with Crippen molar-refractivity contribution in [3.63, 3.8) is 0 Å². The van der Waals surface area contributed by atoms with E-state index in [1.54, 1.807) is 18.5 Å². The highest BCUT2D eigenvalue weighted by atomic mass is 16.5. The molecule has 1 heterocycles. The molecule has 0 spiro atoms. The van der Waals surface area contributed by atoms with Gasteiger partial charge in [0.2, 0.25) is 0 Å².